The van der Waals surface area contributed by atoms with Crippen LogP contribution in [0.15, 0.2) is 18.2 Å². The molecule has 0 heterocycles. The van der Waals surface area contributed by atoms with Gasteiger partial charge in [0.2, 0.25) is 0 Å². The van der Waals surface area contributed by atoms with Gasteiger partial charge in [-0.15, -0.1) is 0 Å². The van der Waals surface area contributed by atoms with Gasteiger partial charge in [0, 0.05) is 3.57 Å². The van der Waals surface area contributed by atoms with E-state index < -0.39 is 5.60 Å². The van der Waals surface area contributed by atoms with Crippen LogP contribution in [0.2, 0.25) is 5.02 Å². The molecule has 1 fully saturated rings. The van der Waals surface area contributed by atoms with Gasteiger partial charge >= 0.3 is 0 Å². The molecule has 0 bridgehead atoms. The molecule has 0 aromatic heterocycles. The summed E-state index contributed by atoms with van der Waals surface area (Å²) < 4.78 is 1.01. The summed E-state index contributed by atoms with van der Waals surface area (Å²) in [5.74, 6) is 0. The molecular weight excluding hydrogens is 286 g/mol. The molecule has 1 aliphatic carbocycles. The van der Waals surface area contributed by atoms with Crippen molar-refractivity contribution in [2.45, 2.75) is 18.4 Å². The van der Waals surface area contributed by atoms with Crippen molar-refractivity contribution in [1.29, 1.82) is 0 Å². The lowest BCUT2D eigenvalue weighted by Gasteiger charge is -2.08. The SMILES string of the molecule is OC1(c2ccc(Cl)c(I)c2)CC1. The van der Waals surface area contributed by atoms with Crippen molar-refractivity contribution >= 4 is 34.2 Å². The van der Waals surface area contributed by atoms with Crippen molar-refractivity contribution < 1.29 is 5.11 Å². The van der Waals surface area contributed by atoms with Gasteiger partial charge in [-0.1, -0.05) is 17.7 Å². The van der Waals surface area contributed by atoms with Gasteiger partial charge < -0.3 is 5.11 Å². The first-order chi connectivity index (χ1) is 5.62. The largest absolute Gasteiger partial charge is 0.385 e. The van der Waals surface area contributed by atoms with Crippen LogP contribution in [-0.4, -0.2) is 5.11 Å². The third-order valence-electron chi connectivity index (χ3n) is 2.18. The maximum Gasteiger partial charge on any atom is 0.0899 e. The monoisotopic (exact) mass is 294 g/mol. The smallest absolute Gasteiger partial charge is 0.0899 e. The lowest BCUT2D eigenvalue weighted by Crippen LogP contribution is -2.03. The average Bonchev–Trinajstić information content (AvgIpc) is 2.75. The number of aliphatic hydroxyl groups is 1. The maximum absolute atomic E-state index is 9.77. The zero-order valence-electron chi connectivity index (χ0n) is 6.35. The molecule has 3 heteroatoms. The Hall–Kier alpha value is 0.200. The molecule has 1 nitrogen and oxygen atoms in total. The van der Waals surface area contributed by atoms with Crippen LogP contribution in [0.1, 0.15) is 18.4 Å². The van der Waals surface area contributed by atoms with Gasteiger partial charge in [0.25, 0.3) is 0 Å². The Bertz CT molecular complexity index is 320. The molecule has 0 unspecified atom stereocenters. The third-order valence-corrected chi connectivity index (χ3v) is 3.72. The van der Waals surface area contributed by atoms with Crippen molar-refractivity contribution in [3.63, 3.8) is 0 Å². The van der Waals surface area contributed by atoms with Crippen LogP contribution in [0.5, 0.6) is 0 Å². The molecule has 12 heavy (non-hydrogen) atoms. The number of hydrogen-bond acceptors (Lipinski definition) is 1. The fraction of sp³-hybridized carbons (Fsp3) is 0.333. The summed E-state index contributed by atoms with van der Waals surface area (Å²) in [5, 5.41) is 10.5. The molecule has 2 rings (SSSR count). The first-order valence-corrected chi connectivity index (χ1v) is 5.25. The molecule has 1 aromatic carbocycles. The summed E-state index contributed by atoms with van der Waals surface area (Å²) in [4.78, 5) is 0. The third kappa shape index (κ3) is 1.47. The van der Waals surface area contributed by atoms with E-state index >= 15 is 0 Å². The van der Waals surface area contributed by atoms with E-state index in [-0.39, 0.29) is 0 Å². The number of hydrogen-bond donors (Lipinski definition) is 1. The van der Waals surface area contributed by atoms with Crippen LogP contribution in [0.4, 0.5) is 0 Å². The van der Waals surface area contributed by atoms with Crippen LogP contribution < -0.4 is 0 Å². The number of benzene rings is 1. The lowest BCUT2D eigenvalue weighted by molar-refractivity contribution is 0.151. The van der Waals surface area contributed by atoms with Gasteiger partial charge in [-0.25, -0.2) is 0 Å². The molecule has 1 aromatic rings. The summed E-state index contributed by atoms with van der Waals surface area (Å²) in [7, 11) is 0. The molecule has 0 radical (unpaired) electrons. The van der Waals surface area contributed by atoms with Crippen LogP contribution in [0, 0.1) is 3.57 Å². The van der Waals surface area contributed by atoms with Crippen LogP contribution in [-0.2, 0) is 5.60 Å². The Labute approximate surface area is 89.9 Å². The van der Waals surface area contributed by atoms with Gasteiger partial charge in [-0.3, -0.25) is 0 Å². The molecule has 0 atom stereocenters. The Balaban J connectivity index is 2.41. The Kier molecular flexibility index (Phi) is 2.09. The summed E-state index contributed by atoms with van der Waals surface area (Å²) in [6.45, 7) is 0. The minimum atomic E-state index is -0.537. The van der Waals surface area contributed by atoms with E-state index in [4.69, 9.17) is 11.6 Å². The Morgan fingerprint density at radius 2 is 2.08 bits per heavy atom. The van der Waals surface area contributed by atoms with Gasteiger partial charge in [-0.2, -0.15) is 0 Å². The first-order valence-electron chi connectivity index (χ1n) is 3.80. The van der Waals surface area contributed by atoms with E-state index in [2.05, 4.69) is 22.6 Å². The molecule has 0 amide bonds. The Morgan fingerprint density at radius 1 is 1.42 bits per heavy atom. The van der Waals surface area contributed by atoms with E-state index in [1.807, 2.05) is 18.2 Å². The normalized spacial score (nSPS) is 19.2. The molecule has 1 saturated carbocycles. The standard InChI is InChI=1S/C9H8ClIO/c10-7-2-1-6(5-8(7)11)9(12)3-4-9/h1-2,5,12H,3-4H2. The van der Waals surface area contributed by atoms with Crippen molar-refractivity contribution in [1.82, 2.24) is 0 Å². The highest BCUT2D eigenvalue weighted by Gasteiger charge is 2.42. The summed E-state index contributed by atoms with van der Waals surface area (Å²) in [6.07, 6.45) is 1.76. The van der Waals surface area contributed by atoms with Gasteiger partial charge in [0.15, 0.2) is 0 Å². The minimum absolute atomic E-state index is 0.537. The zero-order chi connectivity index (χ0) is 8.77. The minimum Gasteiger partial charge on any atom is -0.385 e. The molecule has 64 valence electrons. The second kappa shape index (κ2) is 2.86. The van der Waals surface area contributed by atoms with Crippen LogP contribution >= 0.6 is 34.2 Å². The lowest BCUT2D eigenvalue weighted by atomic mass is 10.1. The first kappa shape index (κ1) is 8.78. The second-order valence-electron chi connectivity index (χ2n) is 3.16. The molecular formula is C9H8ClIO. The van der Waals surface area contributed by atoms with E-state index in [0.29, 0.717) is 0 Å². The molecule has 1 N–H and O–H groups in total. The second-order valence-corrected chi connectivity index (χ2v) is 4.73. The van der Waals surface area contributed by atoms with Gasteiger partial charge in [0.05, 0.1) is 10.6 Å². The number of rotatable bonds is 1. The molecule has 1 aliphatic rings. The quantitative estimate of drug-likeness (QED) is 0.790. The fourth-order valence-electron chi connectivity index (χ4n) is 1.19. The van der Waals surface area contributed by atoms with Crippen molar-refractivity contribution in [2.24, 2.45) is 0 Å². The summed E-state index contributed by atoms with van der Waals surface area (Å²) in [6, 6.07) is 5.70. The molecule has 0 spiro atoms. The summed E-state index contributed by atoms with van der Waals surface area (Å²) in [5.41, 5.74) is 0.459. The highest BCUT2D eigenvalue weighted by Crippen LogP contribution is 2.45. The highest BCUT2D eigenvalue weighted by atomic mass is 127. The van der Waals surface area contributed by atoms with Crippen molar-refractivity contribution in [3.05, 3.63) is 32.4 Å². The van der Waals surface area contributed by atoms with Gasteiger partial charge in [0.1, 0.15) is 0 Å². The topological polar surface area (TPSA) is 20.2 Å². The molecule has 0 saturated heterocycles. The Morgan fingerprint density at radius 3 is 2.58 bits per heavy atom. The van der Waals surface area contributed by atoms with Crippen molar-refractivity contribution in [3.8, 4) is 0 Å². The highest BCUT2D eigenvalue weighted by molar-refractivity contribution is 14.1. The predicted molar refractivity (Wildman–Crippen MR) is 57.3 cm³/mol. The van der Waals surface area contributed by atoms with E-state index in [0.717, 1.165) is 27.0 Å². The van der Waals surface area contributed by atoms with Crippen LogP contribution in [0.3, 0.4) is 0 Å². The molecule has 0 aliphatic heterocycles. The van der Waals surface area contributed by atoms with Crippen molar-refractivity contribution in [2.75, 3.05) is 0 Å². The fourth-order valence-corrected chi connectivity index (χ4v) is 1.83. The van der Waals surface area contributed by atoms with E-state index in [9.17, 15) is 5.11 Å². The maximum atomic E-state index is 9.77. The summed E-state index contributed by atoms with van der Waals surface area (Å²) >= 11 is 8.04. The van der Waals surface area contributed by atoms with Crippen LogP contribution in [0.25, 0.3) is 0 Å². The van der Waals surface area contributed by atoms with E-state index in [1.165, 1.54) is 0 Å². The van der Waals surface area contributed by atoms with Gasteiger partial charge in [-0.05, 0) is 53.1 Å². The predicted octanol–water partition coefficient (Wildman–Crippen LogP) is 2.93. The zero-order valence-corrected chi connectivity index (χ0v) is 9.26. The van der Waals surface area contributed by atoms with E-state index in [1.54, 1.807) is 0 Å². The number of halogens is 2. The average molecular weight is 295 g/mol.